The first-order valence-electron chi connectivity index (χ1n) is 7.70. The molecule has 0 bridgehead atoms. The summed E-state index contributed by atoms with van der Waals surface area (Å²) in [6, 6.07) is 3.48. The highest BCUT2D eigenvalue weighted by molar-refractivity contribution is 14.1. The van der Waals surface area contributed by atoms with Gasteiger partial charge in [0.1, 0.15) is 10.7 Å². The van der Waals surface area contributed by atoms with Crippen LogP contribution < -0.4 is 10.3 Å². The Kier molecular flexibility index (Phi) is 4.00. The van der Waals surface area contributed by atoms with Gasteiger partial charge in [0.2, 0.25) is 0 Å². The van der Waals surface area contributed by atoms with E-state index in [0.717, 1.165) is 35.0 Å². The van der Waals surface area contributed by atoms with Gasteiger partial charge in [-0.1, -0.05) is 0 Å². The van der Waals surface area contributed by atoms with Crippen LogP contribution in [0, 0.1) is 3.57 Å². The molecule has 0 spiro atoms. The van der Waals surface area contributed by atoms with Gasteiger partial charge in [0.15, 0.2) is 11.5 Å². The first-order valence-corrected chi connectivity index (χ1v) is 9.59. The van der Waals surface area contributed by atoms with Crippen molar-refractivity contribution in [2.24, 2.45) is 0 Å². The van der Waals surface area contributed by atoms with Crippen molar-refractivity contribution >= 4 is 44.1 Å². The highest BCUT2D eigenvalue weighted by Gasteiger charge is 2.20. The Hall–Kier alpha value is -1.61. The monoisotopic (exact) mass is 454 g/mol. The Labute approximate surface area is 155 Å². The molecule has 1 aromatic carbocycles. The minimum atomic E-state index is -0.0866. The third-order valence-corrected chi connectivity index (χ3v) is 6.35. The van der Waals surface area contributed by atoms with E-state index in [1.807, 2.05) is 22.6 Å². The summed E-state index contributed by atoms with van der Waals surface area (Å²) in [5.74, 6) is 0.962. The Bertz CT molecular complexity index is 1010. The lowest BCUT2D eigenvalue weighted by atomic mass is 9.97. The fourth-order valence-corrected chi connectivity index (χ4v) is 5.03. The van der Waals surface area contributed by atoms with Crippen molar-refractivity contribution in [1.29, 1.82) is 0 Å². The lowest BCUT2D eigenvalue weighted by Crippen LogP contribution is -2.11. The van der Waals surface area contributed by atoms with Crippen LogP contribution in [-0.4, -0.2) is 22.2 Å². The number of aromatic amines is 1. The molecule has 5 nitrogen and oxygen atoms in total. The van der Waals surface area contributed by atoms with Crippen LogP contribution in [0.2, 0.25) is 0 Å². The first kappa shape index (κ1) is 15.9. The summed E-state index contributed by atoms with van der Waals surface area (Å²) >= 11 is 3.66. The molecule has 0 atom stereocenters. The number of thiophene rings is 1. The molecule has 2 N–H and O–H groups in total. The molecular weight excluding hydrogens is 439 g/mol. The van der Waals surface area contributed by atoms with Gasteiger partial charge in [-0.2, -0.15) is 0 Å². The van der Waals surface area contributed by atoms with E-state index in [1.54, 1.807) is 23.5 Å². The Balaban J connectivity index is 1.93. The van der Waals surface area contributed by atoms with Crippen LogP contribution in [0.4, 0.5) is 0 Å². The number of nitrogens with zero attached hydrogens (tertiary/aromatic N) is 1. The maximum Gasteiger partial charge on any atom is 0.260 e. The third-order valence-electron chi connectivity index (χ3n) is 4.35. The zero-order chi connectivity index (χ0) is 16.8. The number of halogens is 1. The second-order valence-corrected chi connectivity index (χ2v) is 8.06. The molecule has 0 saturated carbocycles. The molecular formula is C17H15IN2O3S. The summed E-state index contributed by atoms with van der Waals surface area (Å²) < 4.78 is 5.85. The van der Waals surface area contributed by atoms with Crippen molar-refractivity contribution in [3.63, 3.8) is 0 Å². The van der Waals surface area contributed by atoms with E-state index in [0.29, 0.717) is 15.1 Å². The van der Waals surface area contributed by atoms with E-state index in [2.05, 4.69) is 9.97 Å². The fraction of sp³-hybridized carbons (Fsp3) is 0.294. The quantitative estimate of drug-likeness (QED) is 0.577. The predicted molar refractivity (Wildman–Crippen MR) is 103 cm³/mol. The SMILES string of the molecule is COc1cc(-c2nc3sc4c(c3c(=O)[nH]2)CCCC4)cc(I)c1O. The van der Waals surface area contributed by atoms with Gasteiger partial charge < -0.3 is 14.8 Å². The molecule has 1 aliphatic rings. The Morgan fingerprint density at radius 2 is 2.12 bits per heavy atom. The van der Waals surface area contributed by atoms with Gasteiger partial charge in [-0.3, -0.25) is 4.79 Å². The number of phenols is 1. The molecule has 124 valence electrons. The van der Waals surface area contributed by atoms with Crippen molar-refractivity contribution in [2.75, 3.05) is 7.11 Å². The summed E-state index contributed by atoms with van der Waals surface area (Å²) in [5, 5.41) is 10.7. The maximum absolute atomic E-state index is 12.6. The number of benzene rings is 1. The van der Waals surface area contributed by atoms with E-state index in [4.69, 9.17) is 4.74 Å². The number of hydrogen-bond acceptors (Lipinski definition) is 5. The van der Waals surface area contributed by atoms with Gasteiger partial charge in [-0.05, 0) is 66.0 Å². The molecule has 0 unspecified atom stereocenters. The zero-order valence-electron chi connectivity index (χ0n) is 13.0. The summed E-state index contributed by atoms with van der Waals surface area (Å²) in [6.07, 6.45) is 4.31. The van der Waals surface area contributed by atoms with Gasteiger partial charge >= 0.3 is 0 Å². The van der Waals surface area contributed by atoms with Crippen LogP contribution in [0.3, 0.4) is 0 Å². The third kappa shape index (κ3) is 2.50. The standard InChI is InChI=1S/C17H15IN2O3S/c1-23-11-7-8(6-10(18)14(11)21)15-19-16(22)13-9-4-2-3-5-12(9)24-17(13)20-15/h6-7,21H,2-5H2,1H3,(H,19,20,22). The summed E-state index contributed by atoms with van der Waals surface area (Å²) in [7, 11) is 1.50. The molecule has 24 heavy (non-hydrogen) atoms. The van der Waals surface area contributed by atoms with Crippen LogP contribution in [0.25, 0.3) is 21.6 Å². The molecule has 1 aliphatic carbocycles. The van der Waals surface area contributed by atoms with Crippen molar-refractivity contribution in [3.8, 4) is 22.9 Å². The number of aryl methyl sites for hydroxylation is 2. The van der Waals surface area contributed by atoms with Crippen LogP contribution in [-0.2, 0) is 12.8 Å². The van der Waals surface area contributed by atoms with Gasteiger partial charge in [-0.15, -0.1) is 11.3 Å². The molecule has 3 aromatic rings. The number of ether oxygens (including phenoxy) is 1. The molecule has 7 heteroatoms. The number of methoxy groups -OCH3 is 1. The number of aromatic nitrogens is 2. The zero-order valence-corrected chi connectivity index (χ0v) is 16.0. The summed E-state index contributed by atoms with van der Waals surface area (Å²) in [4.78, 5) is 22.3. The topological polar surface area (TPSA) is 75.2 Å². The largest absolute Gasteiger partial charge is 0.504 e. The van der Waals surface area contributed by atoms with Crippen LogP contribution in [0.5, 0.6) is 11.5 Å². The molecule has 0 amide bonds. The normalized spacial score (nSPS) is 13.9. The minimum Gasteiger partial charge on any atom is -0.504 e. The first-order chi connectivity index (χ1) is 11.6. The molecule has 0 fully saturated rings. The van der Waals surface area contributed by atoms with Crippen molar-refractivity contribution in [3.05, 3.63) is 36.5 Å². The van der Waals surface area contributed by atoms with Crippen molar-refractivity contribution in [2.45, 2.75) is 25.7 Å². The smallest absolute Gasteiger partial charge is 0.260 e. The van der Waals surface area contributed by atoms with E-state index < -0.39 is 0 Å². The maximum atomic E-state index is 12.6. The van der Waals surface area contributed by atoms with Crippen LogP contribution in [0.1, 0.15) is 23.3 Å². The molecule has 4 rings (SSSR count). The molecule has 0 saturated heterocycles. The minimum absolute atomic E-state index is 0.0866. The Morgan fingerprint density at radius 3 is 2.92 bits per heavy atom. The molecule has 0 radical (unpaired) electrons. The number of aromatic hydroxyl groups is 1. The van der Waals surface area contributed by atoms with E-state index in [9.17, 15) is 9.90 Å². The Morgan fingerprint density at radius 1 is 1.33 bits per heavy atom. The van der Waals surface area contributed by atoms with Crippen LogP contribution in [0.15, 0.2) is 16.9 Å². The second kappa shape index (κ2) is 6.03. The second-order valence-electron chi connectivity index (χ2n) is 5.81. The van der Waals surface area contributed by atoms with Gasteiger partial charge in [0, 0.05) is 10.4 Å². The summed E-state index contributed by atoms with van der Waals surface area (Å²) in [6.45, 7) is 0. The lowest BCUT2D eigenvalue weighted by Gasteiger charge is -2.10. The highest BCUT2D eigenvalue weighted by Crippen LogP contribution is 2.37. The molecule has 2 heterocycles. The van der Waals surface area contributed by atoms with Gasteiger partial charge in [0.25, 0.3) is 5.56 Å². The highest BCUT2D eigenvalue weighted by atomic mass is 127. The molecule has 0 aliphatic heterocycles. The average molecular weight is 454 g/mol. The van der Waals surface area contributed by atoms with Gasteiger partial charge in [-0.25, -0.2) is 4.98 Å². The van der Waals surface area contributed by atoms with Crippen LogP contribution >= 0.6 is 33.9 Å². The number of rotatable bonds is 2. The number of hydrogen-bond donors (Lipinski definition) is 2. The predicted octanol–water partition coefficient (Wildman–Crippen LogP) is 3.85. The number of nitrogens with one attached hydrogen (secondary N) is 1. The van der Waals surface area contributed by atoms with E-state index >= 15 is 0 Å². The van der Waals surface area contributed by atoms with E-state index in [-0.39, 0.29) is 11.3 Å². The molecule has 2 aromatic heterocycles. The van der Waals surface area contributed by atoms with Crippen molar-refractivity contribution < 1.29 is 9.84 Å². The fourth-order valence-electron chi connectivity index (χ4n) is 3.17. The van der Waals surface area contributed by atoms with Crippen molar-refractivity contribution in [1.82, 2.24) is 9.97 Å². The average Bonchev–Trinajstić information content (AvgIpc) is 2.96. The number of phenolic OH excluding ortho intramolecular Hbond substituents is 1. The number of fused-ring (bicyclic) bond motifs is 3. The lowest BCUT2D eigenvalue weighted by molar-refractivity contribution is 0.372. The summed E-state index contributed by atoms with van der Waals surface area (Å²) in [5.41, 5.74) is 1.82. The van der Waals surface area contributed by atoms with E-state index in [1.165, 1.54) is 24.0 Å². The van der Waals surface area contributed by atoms with Gasteiger partial charge in [0.05, 0.1) is 16.1 Å². The number of H-pyrrole nitrogens is 1.